The van der Waals surface area contributed by atoms with Crippen LogP contribution in [-0.4, -0.2) is 24.2 Å². The van der Waals surface area contributed by atoms with Gasteiger partial charge in [0, 0.05) is 13.2 Å². The molecule has 4 fully saturated rings. The average Bonchev–Trinajstić information content (AvgIpc) is 2.33. The van der Waals surface area contributed by atoms with E-state index in [0.29, 0.717) is 16.7 Å². The Hall–Kier alpha value is -0.570. The van der Waals surface area contributed by atoms with E-state index in [9.17, 15) is 4.79 Å². The monoisotopic (exact) mass is 293 g/mol. The van der Waals surface area contributed by atoms with Crippen molar-refractivity contribution in [2.24, 2.45) is 22.2 Å². The van der Waals surface area contributed by atoms with Crippen molar-refractivity contribution in [1.29, 1.82) is 0 Å². The number of carbonyl (C=O) groups is 1. The molecule has 4 aliphatic rings. The zero-order valence-corrected chi connectivity index (χ0v) is 13.7. The first-order valence-electron chi connectivity index (χ1n) is 8.78. The molecule has 0 aliphatic heterocycles. The Morgan fingerprint density at radius 1 is 1.05 bits per heavy atom. The standard InChI is InChI=1S/C18H31NO2/c1-16-8-14-9-17(2,11-16)13-18(10-14,12-16)15(21)19-6-4-3-5-7-20/h14,20H,3-13H2,1-2H3,(H,19,21). The fourth-order valence-electron chi connectivity index (χ4n) is 6.50. The molecule has 0 aromatic rings. The SMILES string of the molecule is CC12CC3CC(C)(C1)CC(C(=O)NCCCCCO)(C3)C2. The highest BCUT2D eigenvalue weighted by atomic mass is 16.2. The van der Waals surface area contributed by atoms with Gasteiger partial charge in [0.05, 0.1) is 5.41 Å². The molecule has 0 saturated heterocycles. The summed E-state index contributed by atoms with van der Waals surface area (Å²) < 4.78 is 0. The summed E-state index contributed by atoms with van der Waals surface area (Å²) in [6.07, 6.45) is 10.2. The van der Waals surface area contributed by atoms with Gasteiger partial charge in [-0.2, -0.15) is 0 Å². The quantitative estimate of drug-likeness (QED) is 0.739. The van der Waals surface area contributed by atoms with E-state index in [1.165, 1.54) is 19.3 Å². The van der Waals surface area contributed by atoms with Crippen LogP contribution in [0.15, 0.2) is 0 Å². The van der Waals surface area contributed by atoms with E-state index < -0.39 is 0 Å². The molecule has 120 valence electrons. The Morgan fingerprint density at radius 3 is 2.29 bits per heavy atom. The second kappa shape index (κ2) is 5.26. The Bertz CT molecular complexity index is 401. The maximum atomic E-state index is 12.9. The molecule has 0 heterocycles. The van der Waals surface area contributed by atoms with E-state index >= 15 is 0 Å². The normalized spacial score (nSPS) is 44.0. The lowest BCUT2D eigenvalue weighted by Crippen LogP contribution is -2.59. The Morgan fingerprint density at radius 2 is 1.71 bits per heavy atom. The maximum absolute atomic E-state index is 12.9. The highest BCUT2D eigenvalue weighted by molar-refractivity contribution is 5.83. The number of carbonyl (C=O) groups excluding carboxylic acids is 1. The molecule has 2 N–H and O–H groups in total. The number of hydrogen-bond donors (Lipinski definition) is 2. The lowest BCUT2D eigenvalue weighted by atomic mass is 9.40. The highest BCUT2D eigenvalue weighted by Gasteiger charge is 2.62. The van der Waals surface area contributed by atoms with Crippen LogP contribution in [0.25, 0.3) is 0 Å². The van der Waals surface area contributed by atoms with Gasteiger partial charge in [-0.25, -0.2) is 0 Å². The number of unbranched alkanes of at least 4 members (excludes halogenated alkanes) is 2. The molecule has 3 nitrogen and oxygen atoms in total. The second-order valence-corrected chi connectivity index (χ2v) is 8.95. The first kappa shape index (κ1) is 15.3. The Kier molecular flexibility index (Phi) is 3.84. The third-order valence-corrected chi connectivity index (χ3v) is 6.23. The molecule has 4 rings (SSSR count). The predicted octanol–water partition coefficient (Wildman–Crippen LogP) is 3.26. The van der Waals surface area contributed by atoms with Gasteiger partial charge in [-0.05, 0) is 74.5 Å². The molecule has 1 amide bonds. The summed E-state index contributed by atoms with van der Waals surface area (Å²) in [6, 6.07) is 0. The fourth-order valence-corrected chi connectivity index (χ4v) is 6.50. The van der Waals surface area contributed by atoms with Crippen LogP contribution in [0.3, 0.4) is 0 Å². The first-order valence-corrected chi connectivity index (χ1v) is 8.78. The summed E-state index contributed by atoms with van der Waals surface area (Å²) in [6.45, 7) is 5.87. The summed E-state index contributed by atoms with van der Waals surface area (Å²) in [4.78, 5) is 12.9. The smallest absolute Gasteiger partial charge is 0.226 e. The summed E-state index contributed by atoms with van der Waals surface area (Å²) >= 11 is 0. The van der Waals surface area contributed by atoms with Gasteiger partial charge >= 0.3 is 0 Å². The van der Waals surface area contributed by atoms with Gasteiger partial charge in [0.25, 0.3) is 0 Å². The van der Waals surface area contributed by atoms with Crippen LogP contribution in [0, 0.1) is 22.2 Å². The van der Waals surface area contributed by atoms with E-state index in [0.717, 1.165) is 51.0 Å². The van der Waals surface area contributed by atoms with Gasteiger partial charge in [-0.1, -0.05) is 13.8 Å². The average molecular weight is 293 g/mol. The highest BCUT2D eigenvalue weighted by Crippen LogP contribution is 2.69. The summed E-state index contributed by atoms with van der Waals surface area (Å²) in [5, 5.41) is 12.0. The van der Waals surface area contributed by atoms with Gasteiger partial charge < -0.3 is 10.4 Å². The largest absolute Gasteiger partial charge is 0.396 e. The van der Waals surface area contributed by atoms with E-state index in [4.69, 9.17) is 5.11 Å². The van der Waals surface area contributed by atoms with E-state index in [2.05, 4.69) is 19.2 Å². The predicted molar refractivity (Wildman–Crippen MR) is 83.8 cm³/mol. The molecule has 3 heteroatoms. The maximum Gasteiger partial charge on any atom is 0.226 e. The first-order chi connectivity index (χ1) is 9.89. The van der Waals surface area contributed by atoms with Crippen molar-refractivity contribution in [1.82, 2.24) is 5.32 Å². The second-order valence-electron chi connectivity index (χ2n) is 8.95. The molecule has 2 atom stereocenters. The molecule has 21 heavy (non-hydrogen) atoms. The minimum absolute atomic E-state index is 0.0695. The minimum atomic E-state index is -0.0695. The lowest BCUT2D eigenvalue weighted by Gasteiger charge is -2.64. The third kappa shape index (κ3) is 2.86. The zero-order chi connectivity index (χ0) is 15.1. The van der Waals surface area contributed by atoms with Crippen LogP contribution in [0.1, 0.15) is 71.6 Å². The molecule has 4 bridgehead atoms. The van der Waals surface area contributed by atoms with Crippen molar-refractivity contribution in [3.8, 4) is 0 Å². The molecule has 0 spiro atoms. The van der Waals surface area contributed by atoms with Crippen molar-refractivity contribution >= 4 is 5.91 Å². The van der Waals surface area contributed by atoms with Crippen LogP contribution in [0.4, 0.5) is 0 Å². The summed E-state index contributed by atoms with van der Waals surface area (Å²) in [7, 11) is 0. The van der Waals surface area contributed by atoms with Crippen molar-refractivity contribution < 1.29 is 9.90 Å². The number of nitrogens with one attached hydrogen (secondary N) is 1. The Balaban J connectivity index is 1.63. The van der Waals surface area contributed by atoms with Gasteiger partial charge in [0.2, 0.25) is 5.91 Å². The van der Waals surface area contributed by atoms with Crippen molar-refractivity contribution in [3.05, 3.63) is 0 Å². The molecule has 4 aliphatic carbocycles. The van der Waals surface area contributed by atoms with Gasteiger partial charge in [-0.15, -0.1) is 0 Å². The Labute approximate surface area is 128 Å². The van der Waals surface area contributed by atoms with Crippen LogP contribution >= 0.6 is 0 Å². The minimum Gasteiger partial charge on any atom is -0.396 e. The van der Waals surface area contributed by atoms with Gasteiger partial charge in [0.15, 0.2) is 0 Å². The van der Waals surface area contributed by atoms with Crippen LogP contribution in [-0.2, 0) is 4.79 Å². The van der Waals surface area contributed by atoms with Crippen LogP contribution in [0.5, 0.6) is 0 Å². The van der Waals surface area contributed by atoms with Crippen LogP contribution in [0.2, 0.25) is 0 Å². The molecule has 2 unspecified atom stereocenters. The van der Waals surface area contributed by atoms with Gasteiger partial charge in [-0.3, -0.25) is 4.79 Å². The van der Waals surface area contributed by atoms with Crippen molar-refractivity contribution in [2.45, 2.75) is 71.6 Å². The number of amides is 1. The lowest BCUT2D eigenvalue weighted by molar-refractivity contribution is -0.170. The summed E-state index contributed by atoms with van der Waals surface area (Å²) in [5.74, 6) is 1.10. The topological polar surface area (TPSA) is 49.3 Å². The number of hydrogen-bond acceptors (Lipinski definition) is 2. The molecular formula is C18H31NO2. The number of aliphatic hydroxyl groups excluding tert-OH is 1. The van der Waals surface area contributed by atoms with Crippen molar-refractivity contribution in [2.75, 3.05) is 13.2 Å². The number of aliphatic hydroxyl groups is 1. The fraction of sp³-hybridized carbons (Fsp3) is 0.944. The molecule has 0 aromatic carbocycles. The number of rotatable bonds is 6. The molecular weight excluding hydrogens is 262 g/mol. The zero-order valence-electron chi connectivity index (χ0n) is 13.7. The van der Waals surface area contributed by atoms with E-state index in [1.807, 2.05) is 0 Å². The molecule has 0 aromatic heterocycles. The van der Waals surface area contributed by atoms with Crippen molar-refractivity contribution in [3.63, 3.8) is 0 Å². The van der Waals surface area contributed by atoms with Crippen LogP contribution < -0.4 is 5.32 Å². The van der Waals surface area contributed by atoms with Gasteiger partial charge in [0.1, 0.15) is 0 Å². The molecule has 0 radical (unpaired) electrons. The summed E-state index contributed by atoms with van der Waals surface area (Å²) in [5.41, 5.74) is 0.741. The third-order valence-electron chi connectivity index (χ3n) is 6.23. The molecule has 4 saturated carbocycles. The van der Waals surface area contributed by atoms with E-state index in [1.54, 1.807) is 0 Å². The van der Waals surface area contributed by atoms with E-state index in [-0.39, 0.29) is 12.0 Å².